The molecule has 1 aliphatic carbocycles. The summed E-state index contributed by atoms with van der Waals surface area (Å²) in [6, 6.07) is 0.609. The number of nitrogens with zero attached hydrogens (tertiary/aromatic N) is 3. The molecule has 2 fully saturated rings. The van der Waals surface area contributed by atoms with E-state index in [1.807, 2.05) is 6.20 Å². The number of likely N-dealkylation sites (tertiary alicyclic amines) is 1. The number of carbonyl (C=O) groups excluding carboxylic acids is 1. The van der Waals surface area contributed by atoms with Crippen molar-refractivity contribution in [1.29, 1.82) is 0 Å². The molecule has 0 spiro atoms. The number of nitrogens with two attached hydrogens (primary N) is 1. The van der Waals surface area contributed by atoms with Crippen molar-refractivity contribution in [1.82, 2.24) is 14.5 Å². The number of rotatable bonds is 4. The van der Waals surface area contributed by atoms with Crippen LogP contribution in [-0.4, -0.2) is 39.5 Å². The van der Waals surface area contributed by atoms with Crippen LogP contribution in [0.15, 0.2) is 12.4 Å². The van der Waals surface area contributed by atoms with Crippen molar-refractivity contribution in [2.45, 2.75) is 64.0 Å². The van der Waals surface area contributed by atoms with Gasteiger partial charge in [0, 0.05) is 44.4 Å². The van der Waals surface area contributed by atoms with Gasteiger partial charge in [-0.3, -0.25) is 4.79 Å². The van der Waals surface area contributed by atoms with E-state index in [-0.39, 0.29) is 6.04 Å². The molecule has 3 atom stereocenters. The fourth-order valence-electron chi connectivity index (χ4n) is 4.03. The van der Waals surface area contributed by atoms with Gasteiger partial charge in [0.25, 0.3) is 0 Å². The van der Waals surface area contributed by atoms with Gasteiger partial charge in [-0.1, -0.05) is 13.3 Å². The standard InChI is InChI=1S/C17H28N4O/c1-2-16-19-8-10-21(16)14-6-4-9-20(12-14)17(22)11-13-5-3-7-15(13)18/h8,10,13-15H,2-7,9,11-12,18H2,1H3/t13-,14?,15+/m0/s1. The Hall–Kier alpha value is -1.36. The third-order valence-electron chi connectivity index (χ3n) is 5.36. The number of amides is 1. The molecule has 1 aliphatic heterocycles. The van der Waals surface area contributed by atoms with E-state index in [0.717, 1.165) is 51.0 Å². The lowest BCUT2D eigenvalue weighted by Crippen LogP contribution is -2.42. The van der Waals surface area contributed by atoms with Crippen molar-refractivity contribution in [3.8, 4) is 0 Å². The van der Waals surface area contributed by atoms with E-state index in [1.54, 1.807) is 0 Å². The summed E-state index contributed by atoms with van der Waals surface area (Å²) in [7, 11) is 0. The molecule has 0 aromatic carbocycles. The number of imidazole rings is 1. The van der Waals surface area contributed by atoms with E-state index in [9.17, 15) is 4.79 Å². The Morgan fingerprint density at radius 3 is 2.95 bits per heavy atom. The maximum atomic E-state index is 12.6. The van der Waals surface area contributed by atoms with Gasteiger partial charge in [0.15, 0.2) is 0 Å². The Morgan fingerprint density at radius 1 is 1.36 bits per heavy atom. The summed E-state index contributed by atoms with van der Waals surface area (Å²) in [4.78, 5) is 19.1. The molecule has 0 bridgehead atoms. The molecule has 3 rings (SSSR count). The number of hydrogen-bond donors (Lipinski definition) is 1. The molecule has 5 heteroatoms. The van der Waals surface area contributed by atoms with E-state index >= 15 is 0 Å². The van der Waals surface area contributed by atoms with Crippen LogP contribution in [0.3, 0.4) is 0 Å². The number of aryl methyl sites for hydroxylation is 1. The van der Waals surface area contributed by atoms with Crippen molar-refractivity contribution in [3.05, 3.63) is 18.2 Å². The molecular formula is C17H28N4O. The van der Waals surface area contributed by atoms with E-state index in [1.165, 1.54) is 6.42 Å². The van der Waals surface area contributed by atoms with Crippen LogP contribution in [0.1, 0.15) is 57.3 Å². The van der Waals surface area contributed by atoms with Gasteiger partial charge in [-0.05, 0) is 31.6 Å². The first kappa shape index (κ1) is 15.5. The van der Waals surface area contributed by atoms with Crippen LogP contribution < -0.4 is 5.73 Å². The fraction of sp³-hybridized carbons (Fsp3) is 0.765. The molecule has 1 aromatic rings. The highest BCUT2D eigenvalue weighted by atomic mass is 16.2. The maximum absolute atomic E-state index is 12.6. The molecule has 22 heavy (non-hydrogen) atoms. The summed E-state index contributed by atoms with van der Waals surface area (Å²) in [5, 5.41) is 0. The van der Waals surface area contributed by atoms with E-state index in [4.69, 9.17) is 5.73 Å². The predicted molar refractivity (Wildman–Crippen MR) is 86.4 cm³/mol. The molecule has 2 N–H and O–H groups in total. The average molecular weight is 304 g/mol. The van der Waals surface area contributed by atoms with E-state index in [0.29, 0.717) is 24.3 Å². The lowest BCUT2D eigenvalue weighted by atomic mass is 9.98. The predicted octanol–water partition coefficient (Wildman–Crippen LogP) is 2.13. The SMILES string of the molecule is CCc1nccn1C1CCCN(C(=O)C[C@@H]2CCC[C@H]2N)C1. The highest BCUT2D eigenvalue weighted by Crippen LogP contribution is 2.29. The Labute approximate surface area is 132 Å². The van der Waals surface area contributed by atoms with Gasteiger partial charge in [-0.15, -0.1) is 0 Å². The summed E-state index contributed by atoms with van der Waals surface area (Å²) in [6.45, 7) is 3.85. The molecular weight excluding hydrogens is 276 g/mol. The molecule has 2 heterocycles. The van der Waals surface area contributed by atoms with Gasteiger partial charge >= 0.3 is 0 Å². The van der Waals surface area contributed by atoms with Crippen molar-refractivity contribution < 1.29 is 4.79 Å². The first-order valence-corrected chi connectivity index (χ1v) is 8.74. The minimum Gasteiger partial charge on any atom is -0.341 e. The Bertz CT molecular complexity index is 513. The summed E-state index contributed by atoms with van der Waals surface area (Å²) in [6.07, 6.45) is 11.1. The topological polar surface area (TPSA) is 64.2 Å². The van der Waals surface area contributed by atoms with Gasteiger partial charge in [0.2, 0.25) is 5.91 Å². The molecule has 1 amide bonds. The largest absolute Gasteiger partial charge is 0.341 e. The molecule has 2 aliphatic rings. The molecule has 1 saturated carbocycles. The van der Waals surface area contributed by atoms with Crippen molar-refractivity contribution in [3.63, 3.8) is 0 Å². The van der Waals surface area contributed by atoms with Crippen LogP contribution in [0, 0.1) is 5.92 Å². The summed E-state index contributed by atoms with van der Waals surface area (Å²) >= 11 is 0. The highest BCUT2D eigenvalue weighted by molar-refractivity contribution is 5.76. The van der Waals surface area contributed by atoms with Crippen LogP contribution in [0.25, 0.3) is 0 Å². The highest BCUT2D eigenvalue weighted by Gasteiger charge is 2.30. The third kappa shape index (κ3) is 3.19. The number of carbonyl (C=O) groups is 1. The summed E-state index contributed by atoms with van der Waals surface area (Å²) < 4.78 is 2.26. The zero-order valence-electron chi connectivity index (χ0n) is 13.6. The molecule has 1 saturated heterocycles. The monoisotopic (exact) mass is 304 g/mol. The normalized spacial score (nSPS) is 29.0. The minimum atomic E-state index is 0.227. The van der Waals surface area contributed by atoms with Gasteiger partial charge < -0.3 is 15.2 Å². The van der Waals surface area contributed by atoms with Gasteiger partial charge in [0.1, 0.15) is 5.82 Å². The van der Waals surface area contributed by atoms with Gasteiger partial charge in [-0.25, -0.2) is 4.98 Å². The third-order valence-corrected chi connectivity index (χ3v) is 5.36. The van der Waals surface area contributed by atoms with Crippen molar-refractivity contribution >= 4 is 5.91 Å². The number of aromatic nitrogens is 2. The van der Waals surface area contributed by atoms with Crippen LogP contribution in [0.2, 0.25) is 0 Å². The first-order valence-electron chi connectivity index (χ1n) is 8.74. The molecule has 1 aromatic heterocycles. The molecule has 0 radical (unpaired) electrons. The first-order chi connectivity index (χ1) is 10.7. The second-order valence-electron chi connectivity index (χ2n) is 6.80. The smallest absolute Gasteiger partial charge is 0.222 e. The summed E-state index contributed by atoms with van der Waals surface area (Å²) in [5.41, 5.74) is 6.12. The van der Waals surface area contributed by atoms with Crippen molar-refractivity contribution in [2.75, 3.05) is 13.1 Å². The lowest BCUT2D eigenvalue weighted by molar-refractivity contribution is -0.133. The number of hydrogen-bond acceptors (Lipinski definition) is 3. The lowest BCUT2D eigenvalue weighted by Gasteiger charge is -2.35. The fourth-order valence-corrected chi connectivity index (χ4v) is 4.03. The molecule has 5 nitrogen and oxygen atoms in total. The minimum absolute atomic E-state index is 0.227. The second-order valence-corrected chi connectivity index (χ2v) is 6.80. The average Bonchev–Trinajstić information content (AvgIpc) is 3.16. The second kappa shape index (κ2) is 6.82. The number of piperidine rings is 1. The van der Waals surface area contributed by atoms with E-state index < -0.39 is 0 Å². The summed E-state index contributed by atoms with van der Waals surface area (Å²) in [5.74, 6) is 1.81. The quantitative estimate of drug-likeness (QED) is 0.927. The Balaban J connectivity index is 1.61. The van der Waals surface area contributed by atoms with Crippen molar-refractivity contribution in [2.24, 2.45) is 11.7 Å². The Kier molecular flexibility index (Phi) is 4.81. The van der Waals surface area contributed by atoms with Crippen LogP contribution >= 0.6 is 0 Å². The van der Waals surface area contributed by atoms with Crippen LogP contribution in [-0.2, 0) is 11.2 Å². The van der Waals surface area contributed by atoms with E-state index in [2.05, 4.69) is 27.6 Å². The van der Waals surface area contributed by atoms with Gasteiger partial charge in [0.05, 0.1) is 6.04 Å². The molecule has 122 valence electrons. The zero-order chi connectivity index (χ0) is 15.5. The maximum Gasteiger partial charge on any atom is 0.222 e. The zero-order valence-corrected chi connectivity index (χ0v) is 13.6. The Morgan fingerprint density at radius 2 is 2.23 bits per heavy atom. The van der Waals surface area contributed by atoms with Gasteiger partial charge in [-0.2, -0.15) is 0 Å². The van der Waals surface area contributed by atoms with Crippen LogP contribution in [0.4, 0.5) is 0 Å². The van der Waals surface area contributed by atoms with Crippen LogP contribution in [0.5, 0.6) is 0 Å². The molecule has 1 unspecified atom stereocenters.